The van der Waals surface area contributed by atoms with Crippen LogP contribution in [0.1, 0.15) is 23.2 Å². The second-order valence-corrected chi connectivity index (χ2v) is 5.25. The summed E-state index contributed by atoms with van der Waals surface area (Å²) >= 11 is 0. The van der Waals surface area contributed by atoms with Crippen LogP contribution >= 0.6 is 0 Å². The molecule has 114 valence electrons. The van der Waals surface area contributed by atoms with Crippen LogP contribution in [-0.2, 0) is 0 Å². The summed E-state index contributed by atoms with van der Waals surface area (Å²) in [5.74, 6) is -0.339. The van der Waals surface area contributed by atoms with E-state index < -0.39 is 5.82 Å². The van der Waals surface area contributed by atoms with Crippen LogP contribution in [0.15, 0.2) is 36.5 Å². The minimum atomic E-state index is -0.467. The first-order valence-corrected chi connectivity index (χ1v) is 7.29. The van der Waals surface area contributed by atoms with Crippen molar-refractivity contribution in [3.05, 3.63) is 47.9 Å². The highest BCUT2D eigenvalue weighted by molar-refractivity contribution is 6.00. The molecular weight excluding hydrogens is 283 g/mol. The number of carbonyl (C=O) groups excluding carboxylic acids is 1. The van der Waals surface area contributed by atoms with Crippen molar-refractivity contribution in [1.82, 2.24) is 9.88 Å². The average molecular weight is 300 g/mol. The zero-order valence-electron chi connectivity index (χ0n) is 12.4. The van der Waals surface area contributed by atoms with E-state index in [4.69, 9.17) is 4.74 Å². The number of hydrogen-bond acceptors (Lipinski definition) is 3. The maximum absolute atomic E-state index is 13.9. The Bertz CT molecular complexity index is 697. The molecule has 1 saturated heterocycles. The smallest absolute Gasteiger partial charge is 0.256 e. The molecule has 1 amide bonds. The predicted molar refractivity (Wildman–Crippen MR) is 81.3 cm³/mol. The number of nitrogens with zero attached hydrogens (tertiary/aromatic N) is 2. The Labute approximate surface area is 128 Å². The first-order chi connectivity index (χ1) is 10.7. The van der Waals surface area contributed by atoms with Crippen LogP contribution in [0.4, 0.5) is 4.39 Å². The summed E-state index contributed by atoms with van der Waals surface area (Å²) in [5.41, 5.74) is 1.58. The molecule has 22 heavy (non-hydrogen) atoms. The van der Waals surface area contributed by atoms with E-state index in [-0.39, 0.29) is 11.7 Å². The van der Waals surface area contributed by atoms with Crippen molar-refractivity contribution in [2.45, 2.75) is 12.8 Å². The molecule has 1 fully saturated rings. The highest BCUT2D eigenvalue weighted by Gasteiger charge is 2.23. The van der Waals surface area contributed by atoms with Crippen molar-refractivity contribution in [2.75, 3.05) is 20.2 Å². The number of pyridine rings is 1. The monoisotopic (exact) mass is 300 g/mol. The zero-order valence-corrected chi connectivity index (χ0v) is 12.4. The lowest BCUT2D eigenvalue weighted by Gasteiger charge is -2.17. The molecule has 1 aliphatic rings. The number of methoxy groups -OCH3 is 1. The van der Waals surface area contributed by atoms with Crippen molar-refractivity contribution < 1.29 is 13.9 Å². The van der Waals surface area contributed by atoms with Gasteiger partial charge >= 0.3 is 0 Å². The number of amides is 1. The Balaban J connectivity index is 2.00. The molecule has 1 aliphatic heterocycles. The molecule has 0 bridgehead atoms. The van der Waals surface area contributed by atoms with Gasteiger partial charge in [0, 0.05) is 24.8 Å². The van der Waals surface area contributed by atoms with Crippen LogP contribution in [0.5, 0.6) is 5.75 Å². The van der Waals surface area contributed by atoms with Crippen molar-refractivity contribution in [3.8, 4) is 17.0 Å². The Morgan fingerprint density at radius 2 is 2.05 bits per heavy atom. The molecule has 2 heterocycles. The number of benzene rings is 1. The second kappa shape index (κ2) is 6.13. The molecule has 0 atom stereocenters. The maximum Gasteiger partial charge on any atom is 0.256 e. The summed E-state index contributed by atoms with van der Waals surface area (Å²) in [7, 11) is 1.42. The third-order valence-corrected chi connectivity index (χ3v) is 3.86. The third-order valence-electron chi connectivity index (χ3n) is 3.86. The fourth-order valence-electron chi connectivity index (χ4n) is 2.71. The van der Waals surface area contributed by atoms with Gasteiger partial charge in [0.25, 0.3) is 5.91 Å². The molecule has 5 heteroatoms. The molecule has 1 aromatic heterocycles. The van der Waals surface area contributed by atoms with Crippen LogP contribution in [0.2, 0.25) is 0 Å². The van der Waals surface area contributed by atoms with Crippen LogP contribution < -0.4 is 4.74 Å². The Morgan fingerprint density at radius 1 is 1.27 bits per heavy atom. The molecule has 3 rings (SSSR count). The summed E-state index contributed by atoms with van der Waals surface area (Å²) in [6.07, 6.45) is 3.66. The van der Waals surface area contributed by atoms with Crippen LogP contribution in [-0.4, -0.2) is 36.0 Å². The first-order valence-electron chi connectivity index (χ1n) is 7.29. The Morgan fingerprint density at radius 3 is 2.73 bits per heavy atom. The lowest BCUT2D eigenvalue weighted by Crippen LogP contribution is -2.28. The first kappa shape index (κ1) is 14.5. The minimum absolute atomic E-state index is 0.0446. The number of ether oxygens (including phenoxy) is 1. The van der Waals surface area contributed by atoms with Gasteiger partial charge < -0.3 is 9.64 Å². The predicted octanol–water partition coefficient (Wildman–Crippen LogP) is 3.13. The fourth-order valence-corrected chi connectivity index (χ4v) is 2.71. The standard InChI is InChI=1S/C17H17FN2O2/c1-22-15-7-6-12(11-14(15)18)16-13(5-4-8-19-16)17(21)20-9-2-3-10-20/h4-8,11H,2-3,9-10H2,1H3. The van der Waals surface area contributed by atoms with Crippen LogP contribution in [0, 0.1) is 5.82 Å². The Hall–Kier alpha value is -2.43. The molecule has 0 unspecified atom stereocenters. The van der Waals surface area contributed by atoms with Crippen molar-refractivity contribution in [2.24, 2.45) is 0 Å². The van der Waals surface area contributed by atoms with Gasteiger partial charge in [-0.2, -0.15) is 0 Å². The lowest BCUT2D eigenvalue weighted by molar-refractivity contribution is 0.0793. The molecule has 1 aromatic carbocycles. The maximum atomic E-state index is 13.9. The van der Waals surface area contributed by atoms with Crippen molar-refractivity contribution >= 4 is 5.91 Å². The zero-order chi connectivity index (χ0) is 15.5. The Kier molecular flexibility index (Phi) is 4.04. The van der Waals surface area contributed by atoms with Crippen LogP contribution in [0.3, 0.4) is 0 Å². The van der Waals surface area contributed by atoms with E-state index in [2.05, 4.69) is 4.98 Å². The van der Waals surface area contributed by atoms with Gasteiger partial charge in [0.1, 0.15) is 0 Å². The summed E-state index contributed by atoms with van der Waals surface area (Å²) in [6, 6.07) is 8.08. The molecular formula is C17H17FN2O2. The molecule has 0 saturated carbocycles. The van der Waals surface area contributed by atoms with Gasteiger partial charge in [-0.1, -0.05) is 0 Å². The lowest BCUT2D eigenvalue weighted by atomic mass is 10.0. The number of rotatable bonds is 3. The van der Waals surface area contributed by atoms with E-state index in [1.807, 2.05) is 4.90 Å². The van der Waals surface area contributed by atoms with Crippen molar-refractivity contribution in [1.29, 1.82) is 0 Å². The van der Waals surface area contributed by atoms with Gasteiger partial charge in [-0.3, -0.25) is 9.78 Å². The normalized spacial score (nSPS) is 14.2. The summed E-state index contributed by atoms with van der Waals surface area (Å²) in [6.45, 7) is 1.54. The van der Waals surface area contributed by atoms with Gasteiger partial charge in [0.15, 0.2) is 11.6 Å². The number of carbonyl (C=O) groups is 1. The van der Waals surface area contributed by atoms with Gasteiger partial charge in [0.2, 0.25) is 0 Å². The number of aromatic nitrogens is 1. The SMILES string of the molecule is COc1ccc(-c2ncccc2C(=O)N2CCCC2)cc1F. The van der Waals surface area contributed by atoms with E-state index in [0.717, 1.165) is 25.9 Å². The largest absolute Gasteiger partial charge is 0.494 e. The molecule has 0 aliphatic carbocycles. The molecule has 4 nitrogen and oxygen atoms in total. The molecule has 2 aromatic rings. The van der Waals surface area contributed by atoms with Gasteiger partial charge in [0.05, 0.1) is 18.4 Å². The molecule has 0 spiro atoms. The van der Waals surface area contributed by atoms with E-state index in [0.29, 0.717) is 16.8 Å². The summed E-state index contributed by atoms with van der Waals surface area (Å²) in [5, 5.41) is 0. The summed E-state index contributed by atoms with van der Waals surface area (Å²) < 4.78 is 18.8. The fraction of sp³-hybridized carbons (Fsp3) is 0.294. The van der Waals surface area contributed by atoms with E-state index in [1.165, 1.54) is 13.2 Å². The highest BCUT2D eigenvalue weighted by atomic mass is 19.1. The van der Waals surface area contributed by atoms with Gasteiger partial charge in [-0.25, -0.2) is 4.39 Å². The average Bonchev–Trinajstić information content (AvgIpc) is 3.08. The number of halogens is 1. The quantitative estimate of drug-likeness (QED) is 0.874. The number of hydrogen-bond donors (Lipinski definition) is 0. The highest BCUT2D eigenvalue weighted by Crippen LogP contribution is 2.27. The van der Waals surface area contributed by atoms with E-state index >= 15 is 0 Å². The topological polar surface area (TPSA) is 42.4 Å². The van der Waals surface area contributed by atoms with E-state index in [1.54, 1.807) is 30.5 Å². The van der Waals surface area contributed by atoms with Crippen molar-refractivity contribution in [3.63, 3.8) is 0 Å². The third kappa shape index (κ3) is 2.66. The van der Waals surface area contributed by atoms with Crippen LogP contribution in [0.25, 0.3) is 11.3 Å². The van der Waals surface area contributed by atoms with E-state index in [9.17, 15) is 9.18 Å². The van der Waals surface area contributed by atoms with Gasteiger partial charge in [-0.05, 0) is 43.2 Å². The molecule has 0 radical (unpaired) electrons. The molecule has 0 N–H and O–H groups in total. The number of likely N-dealkylation sites (tertiary alicyclic amines) is 1. The second-order valence-electron chi connectivity index (χ2n) is 5.25. The van der Waals surface area contributed by atoms with Gasteiger partial charge in [-0.15, -0.1) is 0 Å². The summed E-state index contributed by atoms with van der Waals surface area (Å²) in [4.78, 5) is 18.7. The minimum Gasteiger partial charge on any atom is -0.494 e.